The summed E-state index contributed by atoms with van der Waals surface area (Å²) in [5.74, 6) is 0.994. The zero-order valence-electron chi connectivity index (χ0n) is 11.0. The van der Waals surface area contributed by atoms with Gasteiger partial charge >= 0.3 is 0 Å². The first-order valence-corrected chi connectivity index (χ1v) is 7.02. The van der Waals surface area contributed by atoms with Gasteiger partial charge in [-0.2, -0.15) is 0 Å². The maximum absolute atomic E-state index is 13.2. The van der Waals surface area contributed by atoms with Crippen LogP contribution in [0.5, 0.6) is 0 Å². The average molecular weight is 292 g/mol. The van der Waals surface area contributed by atoms with Gasteiger partial charge < -0.3 is 9.32 Å². The van der Waals surface area contributed by atoms with Gasteiger partial charge in [-0.05, 0) is 43.2 Å². The van der Waals surface area contributed by atoms with Crippen molar-refractivity contribution >= 4 is 17.3 Å². The van der Waals surface area contributed by atoms with E-state index in [1.165, 1.54) is 18.9 Å². The Bertz CT molecular complexity index is 644. The number of benzene rings is 1. The molecule has 0 spiro atoms. The van der Waals surface area contributed by atoms with Crippen molar-refractivity contribution < 1.29 is 8.81 Å². The summed E-state index contributed by atoms with van der Waals surface area (Å²) >= 11 is 5.79. The van der Waals surface area contributed by atoms with Crippen molar-refractivity contribution in [3.63, 3.8) is 0 Å². The summed E-state index contributed by atoms with van der Waals surface area (Å²) in [6.45, 7) is 6.14. The van der Waals surface area contributed by atoms with Crippen LogP contribution in [0.15, 0.2) is 41.3 Å². The van der Waals surface area contributed by atoms with E-state index in [2.05, 4.69) is 11.5 Å². The van der Waals surface area contributed by atoms with Gasteiger partial charge in [-0.3, -0.25) is 0 Å². The molecular weight excluding hydrogens is 277 g/mol. The molecule has 3 rings (SSSR count). The molecule has 0 radical (unpaired) electrons. The Kier molecular flexibility index (Phi) is 3.53. The molecular formula is C16H15ClFNO. The molecule has 2 nitrogen and oxygen atoms in total. The van der Waals surface area contributed by atoms with E-state index < -0.39 is 5.82 Å². The maximum atomic E-state index is 13.2. The van der Waals surface area contributed by atoms with Crippen LogP contribution in [0.4, 0.5) is 4.39 Å². The normalized spacial score (nSPS) is 14.8. The summed E-state index contributed by atoms with van der Waals surface area (Å²) < 4.78 is 19.0. The second kappa shape index (κ2) is 5.33. The highest BCUT2D eigenvalue weighted by Crippen LogP contribution is 2.30. The summed E-state index contributed by atoms with van der Waals surface area (Å²) in [5, 5.41) is 0.0961. The quantitative estimate of drug-likeness (QED) is 0.807. The molecule has 0 aliphatic carbocycles. The molecule has 104 valence electrons. The van der Waals surface area contributed by atoms with Gasteiger partial charge in [0, 0.05) is 18.7 Å². The minimum atomic E-state index is -0.427. The first-order valence-electron chi connectivity index (χ1n) is 6.64. The molecule has 0 N–H and O–H groups in total. The molecule has 4 heteroatoms. The number of hydrogen-bond acceptors (Lipinski definition) is 2. The van der Waals surface area contributed by atoms with E-state index in [0.29, 0.717) is 5.76 Å². The van der Waals surface area contributed by atoms with Gasteiger partial charge in [0.15, 0.2) is 0 Å². The van der Waals surface area contributed by atoms with E-state index in [9.17, 15) is 4.39 Å². The summed E-state index contributed by atoms with van der Waals surface area (Å²) in [6.07, 6.45) is 2.39. The highest BCUT2D eigenvalue weighted by molar-refractivity contribution is 6.31. The third kappa shape index (κ3) is 2.46. The number of likely N-dealkylation sites (tertiary alicyclic amines) is 1. The fourth-order valence-corrected chi connectivity index (χ4v) is 2.62. The van der Waals surface area contributed by atoms with Gasteiger partial charge in [-0.25, -0.2) is 4.39 Å². The van der Waals surface area contributed by atoms with Gasteiger partial charge in [0.25, 0.3) is 0 Å². The van der Waals surface area contributed by atoms with Gasteiger partial charge in [0.1, 0.15) is 17.3 Å². The summed E-state index contributed by atoms with van der Waals surface area (Å²) in [4.78, 5) is 2.22. The third-order valence-electron chi connectivity index (χ3n) is 3.58. The van der Waals surface area contributed by atoms with Gasteiger partial charge in [0.2, 0.25) is 0 Å². The Labute approximate surface area is 122 Å². The predicted molar refractivity (Wildman–Crippen MR) is 79.0 cm³/mol. The SMILES string of the molecule is C=C(c1ccc(-c2ccc(F)c(Cl)c2)o1)N1CCCC1. The molecule has 1 aliphatic heterocycles. The molecule has 0 amide bonds. The van der Waals surface area contributed by atoms with Gasteiger partial charge in [0.05, 0.1) is 10.7 Å². The standard InChI is InChI=1S/C16H15ClFNO/c1-11(19-8-2-3-9-19)15-6-7-16(20-15)12-4-5-14(18)13(17)10-12/h4-7,10H,1-3,8-9H2. The molecule has 0 bridgehead atoms. The molecule has 2 heterocycles. The summed E-state index contributed by atoms with van der Waals surface area (Å²) in [7, 11) is 0. The fraction of sp³-hybridized carbons (Fsp3) is 0.250. The third-order valence-corrected chi connectivity index (χ3v) is 3.87. The van der Waals surface area contributed by atoms with E-state index in [-0.39, 0.29) is 5.02 Å². The van der Waals surface area contributed by atoms with E-state index in [1.807, 2.05) is 12.1 Å². The lowest BCUT2D eigenvalue weighted by atomic mass is 10.2. The number of rotatable bonds is 3. The highest BCUT2D eigenvalue weighted by atomic mass is 35.5. The zero-order chi connectivity index (χ0) is 14.1. The Balaban J connectivity index is 1.85. The molecule has 1 aliphatic rings. The number of nitrogens with zero attached hydrogens (tertiary/aromatic N) is 1. The second-order valence-corrected chi connectivity index (χ2v) is 5.34. The molecule has 1 saturated heterocycles. The van der Waals surface area contributed by atoms with Crippen molar-refractivity contribution in [2.24, 2.45) is 0 Å². The molecule has 0 unspecified atom stereocenters. The summed E-state index contributed by atoms with van der Waals surface area (Å²) in [5.41, 5.74) is 1.67. The lowest BCUT2D eigenvalue weighted by Crippen LogP contribution is -2.16. The van der Waals surface area contributed by atoms with Crippen molar-refractivity contribution in [3.05, 3.63) is 53.5 Å². The Morgan fingerprint density at radius 1 is 1.20 bits per heavy atom. The van der Waals surface area contributed by atoms with Crippen molar-refractivity contribution in [1.82, 2.24) is 4.90 Å². The van der Waals surface area contributed by atoms with Crippen LogP contribution in [0.2, 0.25) is 5.02 Å². The molecule has 2 aromatic rings. The topological polar surface area (TPSA) is 16.4 Å². The predicted octanol–water partition coefficient (Wildman–Crippen LogP) is 4.81. The Morgan fingerprint density at radius 2 is 1.95 bits per heavy atom. The Hall–Kier alpha value is -1.74. The van der Waals surface area contributed by atoms with E-state index in [4.69, 9.17) is 16.0 Å². The number of halogens is 2. The monoisotopic (exact) mass is 291 g/mol. The van der Waals surface area contributed by atoms with Crippen molar-refractivity contribution in [1.29, 1.82) is 0 Å². The minimum Gasteiger partial charge on any atom is -0.455 e. The molecule has 0 saturated carbocycles. The molecule has 1 fully saturated rings. The Morgan fingerprint density at radius 3 is 2.65 bits per heavy atom. The fourth-order valence-electron chi connectivity index (χ4n) is 2.44. The van der Waals surface area contributed by atoms with E-state index in [1.54, 1.807) is 12.1 Å². The molecule has 20 heavy (non-hydrogen) atoms. The first-order chi connectivity index (χ1) is 9.65. The highest BCUT2D eigenvalue weighted by Gasteiger charge is 2.17. The lowest BCUT2D eigenvalue weighted by molar-refractivity contribution is 0.463. The molecule has 1 aromatic carbocycles. The average Bonchev–Trinajstić information content (AvgIpc) is 3.11. The van der Waals surface area contributed by atoms with Crippen LogP contribution < -0.4 is 0 Å². The van der Waals surface area contributed by atoms with Crippen LogP contribution in [0.25, 0.3) is 17.0 Å². The maximum Gasteiger partial charge on any atom is 0.150 e. The van der Waals surface area contributed by atoms with E-state index in [0.717, 1.165) is 30.1 Å². The van der Waals surface area contributed by atoms with Crippen LogP contribution in [0, 0.1) is 5.82 Å². The molecule has 1 aromatic heterocycles. The summed E-state index contributed by atoms with van der Waals surface area (Å²) in [6, 6.07) is 8.32. The molecule has 0 atom stereocenters. The smallest absolute Gasteiger partial charge is 0.150 e. The number of furan rings is 1. The van der Waals surface area contributed by atoms with Crippen LogP contribution in [0.1, 0.15) is 18.6 Å². The van der Waals surface area contributed by atoms with Gasteiger partial charge in [-0.15, -0.1) is 0 Å². The van der Waals surface area contributed by atoms with Gasteiger partial charge in [-0.1, -0.05) is 18.2 Å². The second-order valence-electron chi connectivity index (χ2n) is 4.93. The number of hydrogen-bond donors (Lipinski definition) is 0. The van der Waals surface area contributed by atoms with E-state index >= 15 is 0 Å². The minimum absolute atomic E-state index is 0.0961. The lowest BCUT2D eigenvalue weighted by Gasteiger charge is -2.18. The van der Waals surface area contributed by atoms with Crippen molar-refractivity contribution in [3.8, 4) is 11.3 Å². The van der Waals surface area contributed by atoms with Crippen LogP contribution in [-0.4, -0.2) is 18.0 Å². The zero-order valence-corrected chi connectivity index (χ0v) is 11.8. The van der Waals surface area contributed by atoms with Crippen LogP contribution in [0.3, 0.4) is 0 Å². The largest absolute Gasteiger partial charge is 0.455 e. The van der Waals surface area contributed by atoms with Crippen LogP contribution >= 0.6 is 11.6 Å². The van der Waals surface area contributed by atoms with Crippen LogP contribution in [-0.2, 0) is 0 Å². The van der Waals surface area contributed by atoms with Crippen molar-refractivity contribution in [2.45, 2.75) is 12.8 Å². The van der Waals surface area contributed by atoms with Crippen molar-refractivity contribution in [2.75, 3.05) is 13.1 Å². The first kappa shape index (κ1) is 13.3.